The number of halogens is 1. The molecule has 0 saturated carbocycles. The van der Waals surface area contributed by atoms with Crippen LogP contribution in [-0.2, 0) is 14.8 Å². The van der Waals surface area contributed by atoms with Gasteiger partial charge in [-0.05, 0) is 67.9 Å². The van der Waals surface area contributed by atoms with E-state index in [4.69, 9.17) is 9.47 Å². The smallest absolute Gasteiger partial charge is 0.264 e. The summed E-state index contributed by atoms with van der Waals surface area (Å²) >= 11 is 3.37. The molecule has 0 fully saturated rings. The van der Waals surface area contributed by atoms with Gasteiger partial charge in [0.2, 0.25) is 5.91 Å². The molecule has 0 aromatic heterocycles. The lowest BCUT2D eigenvalue weighted by Crippen LogP contribution is -2.41. The zero-order valence-corrected chi connectivity index (χ0v) is 21.2. The number of nitrogens with one attached hydrogen (secondary N) is 1. The van der Waals surface area contributed by atoms with E-state index in [-0.39, 0.29) is 17.5 Å². The second-order valence-corrected chi connectivity index (χ2v) is 10.8. The molecule has 4 rings (SSSR count). The van der Waals surface area contributed by atoms with Crippen LogP contribution in [0.2, 0.25) is 0 Å². The number of nitrogens with zero attached hydrogens (tertiary/aromatic N) is 1. The number of aryl methyl sites for hydroxylation is 1. The van der Waals surface area contributed by atoms with Crippen LogP contribution in [0.3, 0.4) is 0 Å². The van der Waals surface area contributed by atoms with E-state index in [1.165, 1.54) is 0 Å². The van der Waals surface area contributed by atoms with E-state index in [1.54, 1.807) is 48.5 Å². The summed E-state index contributed by atoms with van der Waals surface area (Å²) in [6, 6.07) is 18.5. The second-order valence-electron chi connectivity index (χ2n) is 7.99. The summed E-state index contributed by atoms with van der Waals surface area (Å²) < 4.78 is 40.1. The fourth-order valence-corrected chi connectivity index (χ4v) is 5.28. The minimum absolute atomic E-state index is 0.119. The number of hydrogen-bond donors (Lipinski definition) is 1. The summed E-state index contributed by atoms with van der Waals surface area (Å²) in [5.41, 5.74) is 2.17. The molecule has 3 aromatic carbocycles. The molecule has 0 radical (unpaired) electrons. The number of hydrogen-bond acceptors (Lipinski definition) is 5. The van der Waals surface area contributed by atoms with Gasteiger partial charge >= 0.3 is 0 Å². The molecular weight excluding hydrogens is 520 g/mol. The Morgan fingerprint density at radius 3 is 2.32 bits per heavy atom. The van der Waals surface area contributed by atoms with Crippen molar-refractivity contribution in [3.63, 3.8) is 0 Å². The van der Waals surface area contributed by atoms with Gasteiger partial charge in [-0.3, -0.25) is 9.10 Å². The van der Waals surface area contributed by atoms with Crippen LogP contribution in [0.25, 0.3) is 0 Å². The summed E-state index contributed by atoms with van der Waals surface area (Å²) in [7, 11) is -3.97. The lowest BCUT2D eigenvalue weighted by molar-refractivity contribution is -0.120. The zero-order chi connectivity index (χ0) is 24.3. The largest absolute Gasteiger partial charge is 0.486 e. The molecule has 3 aromatic rings. The van der Waals surface area contributed by atoms with Gasteiger partial charge in [0.25, 0.3) is 10.0 Å². The van der Waals surface area contributed by atoms with E-state index in [9.17, 15) is 13.2 Å². The first-order chi connectivity index (χ1) is 16.2. The second kappa shape index (κ2) is 10.1. The lowest BCUT2D eigenvalue weighted by Gasteiger charge is -2.25. The predicted octanol–water partition coefficient (Wildman–Crippen LogP) is 4.60. The Hall–Kier alpha value is -3.04. The number of carbonyl (C=O) groups is 1. The van der Waals surface area contributed by atoms with E-state index < -0.39 is 15.9 Å². The molecule has 1 aliphatic rings. The molecule has 0 aliphatic carbocycles. The fraction of sp³-hybridized carbons (Fsp3) is 0.240. The van der Waals surface area contributed by atoms with Crippen molar-refractivity contribution in [2.24, 2.45) is 0 Å². The van der Waals surface area contributed by atoms with Crippen LogP contribution in [0.5, 0.6) is 11.5 Å². The van der Waals surface area contributed by atoms with Crippen LogP contribution in [0.15, 0.2) is 76.1 Å². The highest BCUT2D eigenvalue weighted by Gasteiger charge is 2.28. The highest BCUT2D eigenvalue weighted by Crippen LogP contribution is 2.32. The van der Waals surface area contributed by atoms with Gasteiger partial charge < -0.3 is 14.8 Å². The van der Waals surface area contributed by atoms with E-state index in [0.29, 0.717) is 30.4 Å². The summed E-state index contributed by atoms with van der Waals surface area (Å²) in [6.45, 7) is 4.32. The van der Waals surface area contributed by atoms with Crippen molar-refractivity contribution in [1.82, 2.24) is 5.32 Å². The monoisotopic (exact) mass is 544 g/mol. The van der Waals surface area contributed by atoms with Gasteiger partial charge in [-0.1, -0.05) is 39.7 Å². The van der Waals surface area contributed by atoms with Gasteiger partial charge in [-0.2, -0.15) is 0 Å². The average molecular weight is 545 g/mol. The van der Waals surface area contributed by atoms with Gasteiger partial charge in [0.05, 0.1) is 16.6 Å². The third-order valence-corrected chi connectivity index (χ3v) is 7.77. The Labute approximate surface area is 207 Å². The first-order valence-corrected chi connectivity index (χ1v) is 13.0. The Balaban J connectivity index is 1.56. The fourth-order valence-electron chi connectivity index (χ4n) is 3.59. The molecule has 34 heavy (non-hydrogen) atoms. The maximum atomic E-state index is 13.5. The minimum atomic E-state index is -3.97. The molecule has 1 amide bonds. The quantitative estimate of drug-likeness (QED) is 0.469. The summed E-state index contributed by atoms with van der Waals surface area (Å²) in [5, 5.41) is 2.90. The maximum Gasteiger partial charge on any atom is 0.264 e. The highest BCUT2D eigenvalue weighted by atomic mass is 79.9. The molecule has 178 valence electrons. The Bertz CT molecular complexity index is 1280. The SMILES string of the molecule is Cc1ccc(S(=O)(=O)N(CC(=O)N[C@@H](C)c2ccc3c(c2)OCCO3)c2ccc(Br)cc2)cc1. The predicted molar refractivity (Wildman–Crippen MR) is 134 cm³/mol. The van der Waals surface area contributed by atoms with Crippen LogP contribution >= 0.6 is 15.9 Å². The van der Waals surface area contributed by atoms with Crippen molar-refractivity contribution in [2.45, 2.75) is 24.8 Å². The van der Waals surface area contributed by atoms with Crippen LogP contribution in [0.1, 0.15) is 24.1 Å². The normalized spacial score (nSPS) is 13.7. The van der Waals surface area contributed by atoms with E-state index in [2.05, 4.69) is 21.2 Å². The van der Waals surface area contributed by atoms with Crippen LogP contribution in [-0.4, -0.2) is 34.1 Å². The highest BCUT2D eigenvalue weighted by molar-refractivity contribution is 9.10. The van der Waals surface area contributed by atoms with Gasteiger partial charge in [0.15, 0.2) is 11.5 Å². The number of sulfonamides is 1. The van der Waals surface area contributed by atoms with E-state index in [1.807, 2.05) is 32.0 Å². The van der Waals surface area contributed by atoms with Gasteiger partial charge in [0.1, 0.15) is 19.8 Å². The molecule has 1 aliphatic heterocycles. The van der Waals surface area contributed by atoms with Crippen molar-refractivity contribution in [3.05, 3.63) is 82.3 Å². The minimum Gasteiger partial charge on any atom is -0.486 e. The lowest BCUT2D eigenvalue weighted by atomic mass is 10.1. The Morgan fingerprint density at radius 1 is 1.00 bits per heavy atom. The number of amides is 1. The molecule has 7 nitrogen and oxygen atoms in total. The number of ether oxygens (including phenoxy) is 2. The molecule has 1 heterocycles. The number of benzene rings is 3. The molecule has 0 bridgehead atoms. The van der Waals surface area contributed by atoms with Crippen molar-refractivity contribution in [2.75, 3.05) is 24.1 Å². The first-order valence-electron chi connectivity index (χ1n) is 10.8. The first kappa shape index (κ1) is 24.1. The van der Waals surface area contributed by atoms with Crippen molar-refractivity contribution < 1.29 is 22.7 Å². The van der Waals surface area contributed by atoms with Gasteiger partial charge in [-0.25, -0.2) is 8.42 Å². The number of anilines is 1. The standard InChI is InChI=1S/C25H25BrN2O5S/c1-17-3-10-22(11-4-17)34(30,31)28(21-8-6-20(26)7-9-21)16-25(29)27-18(2)19-5-12-23-24(15-19)33-14-13-32-23/h3-12,15,18H,13-14,16H2,1-2H3,(H,27,29)/t18-/m0/s1. The number of fused-ring (bicyclic) bond motifs is 1. The molecule has 0 saturated heterocycles. The van der Waals surface area contributed by atoms with Crippen LogP contribution in [0.4, 0.5) is 5.69 Å². The van der Waals surface area contributed by atoms with Crippen LogP contribution < -0.4 is 19.1 Å². The average Bonchev–Trinajstić information content (AvgIpc) is 2.83. The summed E-state index contributed by atoms with van der Waals surface area (Å²) in [4.78, 5) is 13.1. The molecule has 0 spiro atoms. The molecular formula is C25H25BrN2O5S. The Kier molecular flexibility index (Phi) is 7.13. The Morgan fingerprint density at radius 2 is 1.65 bits per heavy atom. The van der Waals surface area contributed by atoms with Crippen molar-refractivity contribution >= 4 is 37.5 Å². The number of rotatable bonds is 7. The van der Waals surface area contributed by atoms with E-state index in [0.717, 1.165) is 19.9 Å². The van der Waals surface area contributed by atoms with Gasteiger partial charge in [-0.15, -0.1) is 0 Å². The molecule has 1 N–H and O–H groups in total. The molecule has 0 unspecified atom stereocenters. The third kappa shape index (κ3) is 5.37. The molecule has 1 atom stereocenters. The van der Waals surface area contributed by atoms with Crippen molar-refractivity contribution in [3.8, 4) is 11.5 Å². The maximum absolute atomic E-state index is 13.5. The van der Waals surface area contributed by atoms with Crippen LogP contribution in [0, 0.1) is 6.92 Å². The number of carbonyl (C=O) groups excluding carboxylic acids is 1. The van der Waals surface area contributed by atoms with Crippen molar-refractivity contribution in [1.29, 1.82) is 0 Å². The third-order valence-electron chi connectivity index (χ3n) is 5.45. The topological polar surface area (TPSA) is 84.9 Å². The summed E-state index contributed by atoms with van der Waals surface area (Å²) in [5.74, 6) is 0.864. The zero-order valence-electron chi connectivity index (χ0n) is 18.8. The van der Waals surface area contributed by atoms with Gasteiger partial charge in [0, 0.05) is 4.47 Å². The summed E-state index contributed by atoms with van der Waals surface area (Å²) in [6.07, 6.45) is 0. The van der Waals surface area contributed by atoms with E-state index >= 15 is 0 Å². The molecule has 9 heteroatoms.